The van der Waals surface area contributed by atoms with Crippen molar-refractivity contribution in [3.8, 4) is 5.75 Å². The van der Waals surface area contributed by atoms with Crippen molar-refractivity contribution >= 4 is 15.9 Å². The van der Waals surface area contributed by atoms with Crippen molar-refractivity contribution in [2.45, 2.75) is 56.7 Å². The Labute approximate surface area is 131 Å². The van der Waals surface area contributed by atoms with Crippen molar-refractivity contribution in [1.29, 1.82) is 0 Å². The predicted octanol–water partition coefficient (Wildman–Crippen LogP) is 5.10. The van der Waals surface area contributed by atoms with E-state index in [1.807, 2.05) is 0 Å². The Morgan fingerprint density at radius 1 is 1.20 bits per heavy atom. The average Bonchev–Trinajstić information content (AvgIpc) is 2.43. The molecule has 1 saturated carbocycles. The molecule has 1 fully saturated rings. The Morgan fingerprint density at radius 3 is 2.65 bits per heavy atom. The third kappa shape index (κ3) is 1.94. The van der Waals surface area contributed by atoms with Gasteiger partial charge in [0.05, 0.1) is 7.11 Å². The van der Waals surface area contributed by atoms with Gasteiger partial charge in [0.1, 0.15) is 5.75 Å². The van der Waals surface area contributed by atoms with Gasteiger partial charge in [-0.15, -0.1) is 0 Å². The highest BCUT2D eigenvalue weighted by molar-refractivity contribution is 9.09. The van der Waals surface area contributed by atoms with Gasteiger partial charge < -0.3 is 4.74 Å². The summed E-state index contributed by atoms with van der Waals surface area (Å²) in [7, 11) is 1.77. The van der Waals surface area contributed by atoms with Crippen molar-refractivity contribution in [2.24, 2.45) is 11.3 Å². The zero-order valence-electron chi connectivity index (χ0n) is 13.0. The first kappa shape index (κ1) is 14.4. The molecule has 0 amide bonds. The molecule has 1 nitrogen and oxygen atoms in total. The summed E-state index contributed by atoms with van der Waals surface area (Å²) in [5, 5.41) is 0. The average molecular weight is 337 g/mol. The molecule has 0 bridgehead atoms. The van der Waals surface area contributed by atoms with Crippen molar-refractivity contribution < 1.29 is 4.74 Å². The maximum atomic E-state index is 5.47. The van der Waals surface area contributed by atoms with Crippen LogP contribution in [-0.2, 0) is 11.8 Å². The van der Waals surface area contributed by atoms with E-state index in [4.69, 9.17) is 4.74 Å². The molecule has 0 spiro atoms. The number of benzene rings is 1. The summed E-state index contributed by atoms with van der Waals surface area (Å²) in [6.45, 7) is 7.37. The zero-order chi connectivity index (χ0) is 14.5. The first-order valence-electron chi connectivity index (χ1n) is 7.71. The number of halogens is 1. The van der Waals surface area contributed by atoms with E-state index >= 15 is 0 Å². The molecule has 0 heterocycles. The lowest BCUT2D eigenvalue weighted by molar-refractivity contribution is 0.0491. The number of fused-ring (bicyclic) bond motifs is 3. The lowest BCUT2D eigenvalue weighted by Gasteiger charge is -2.56. The van der Waals surface area contributed by atoms with E-state index in [0.29, 0.717) is 15.7 Å². The number of hydrogen-bond acceptors (Lipinski definition) is 1. The first-order valence-corrected chi connectivity index (χ1v) is 8.62. The zero-order valence-corrected chi connectivity index (χ0v) is 14.6. The van der Waals surface area contributed by atoms with E-state index in [1.54, 1.807) is 12.7 Å². The fourth-order valence-corrected chi connectivity index (χ4v) is 5.31. The Balaban J connectivity index is 2.10. The molecular formula is C18H25BrO. The minimum Gasteiger partial charge on any atom is -0.497 e. The van der Waals surface area contributed by atoms with Gasteiger partial charge in [0.25, 0.3) is 0 Å². The van der Waals surface area contributed by atoms with Crippen LogP contribution >= 0.6 is 15.9 Å². The number of hydrogen-bond donors (Lipinski definition) is 0. The van der Waals surface area contributed by atoms with Crippen LogP contribution in [-0.4, -0.2) is 11.9 Å². The molecule has 0 saturated heterocycles. The molecule has 3 unspecified atom stereocenters. The topological polar surface area (TPSA) is 9.23 Å². The van der Waals surface area contributed by atoms with E-state index in [1.165, 1.54) is 31.2 Å². The summed E-state index contributed by atoms with van der Waals surface area (Å²) in [4.78, 5) is 0.639. The molecule has 2 aliphatic rings. The number of alkyl halides is 1. The number of ether oxygens (including phenoxy) is 1. The van der Waals surface area contributed by atoms with Gasteiger partial charge in [-0.3, -0.25) is 0 Å². The van der Waals surface area contributed by atoms with Crippen LogP contribution in [0.4, 0.5) is 0 Å². The highest BCUT2D eigenvalue weighted by Crippen LogP contribution is 2.58. The van der Waals surface area contributed by atoms with Crippen LogP contribution in [0.3, 0.4) is 0 Å². The molecule has 0 aliphatic heterocycles. The molecule has 2 aliphatic carbocycles. The van der Waals surface area contributed by atoms with Gasteiger partial charge in [-0.25, -0.2) is 0 Å². The van der Waals surface area contributed by atoms with E-state index in [2.05, 4.69) is 54.9 Å². The van der Waals surface area contributed by atoms with Crippen LogP contribution in [0, 0.1) is 11.3 Å². The lowest BCUT2D eigenvalue weighted by atomic mass is 9.50. The largest absolute Gasteiger partial charge is 0.497 e. The SMILES string of the molecule is COc1ccc2c(c1)C1(C)CCC(Br)C(C)(C)C1CC2. The van der Waals surface area contributed by atoms with Gasteiger partial charge in [0, 0.05) is 4.83 Å². The van der Waals surface area contributed by atoms with E-state index in [-0.39, 0.29) is 0 Å². The second-order valence-electron chi connectivity index (χ2n) is 7.36. The van der Waals surface area contributed by atoms with Gasteiger partial charge in [-0.2, -0.15) is 0 Å². The molecule has 2 heteroatoms. The Kier molecular flexibility index (Phi) is 3.44. The number of aryl methyl sites for hydroxylation is 1. The molecule has 110 valence electrons. The van der Waals surface area contributed by atoms with Crippen LogP contribution < -0.4 is 4.74 Å². The first-order chi connectivity index (χ1) is 9.39. The third-order valence-electron chi connectivity index (χ3n) is 6.03. The van der Waals surface area contributed by atoms with Crippen LogP contribution in [0.25, 0.3) is 0 Å². The smallest absolute Gasteiger partial charge is 0.119 e. The second kappa shape index (κ2) is 4.76. The molecule has 3 rings (SSSR count). The van der Waals surface area contributed by atoms with E-state index < -0.39 is 0 Å². The highest BCUT2D eigenvalue weighted by atomic mass is 79.9. The van der Waals surface area contributed by atoms with Crippen LogP contribution in [0.2, 0.25) is 0 Å². The van der Waals surface area contributed by atoms with E-state index in [9.17, 15) is 0 Å². The predicted molar refractivity (Wildman–Crippen MR) is 87.9 cm³/mol. The quantitative estimate of drug-likeness (QED) is 0.648. The van der Waals surface area contributed by atoms with Crippen molar-refractivity contribution in [1.82, 2.24) is 0 Å². The van der Waals surface area contributed by atoms with Crippen LogP contribution in [0.5, 0.6) is 5.75 Å². The summed E-state index contributed by atoms with van der Waals surface area (Å²) in [6, 6.07) is 6.69. The Morgan fingerprint density at radius 2 is 1.95 bits per heavy atom. The van der Waals surface area contributed by atoms with Crippen LogP contribution in [0.1, 0.15) is 51.2 Å². The summed E-state index contributed by atoms with van der Waals surface area (Å²) < 4.78 is 5.47. The molecule has 20 heavy (non-hydrogen) atoms. The monoisotopic (exact) mass is 336 g/mol. The van der Waals surface area contributed by atoms with Crippen molar-refractivity contribution in [2.75, 3.05) is 7.11 Å². The Hall–Kier alpha value is -0.500. The molecule has 0 aromatic heterocycles. The maximum Gasteiger partial charge on any atom is 0.119 e. The normalized spacial score (nSPS) is 35.0. The molecule has 1 aromatic carbocycles. The fourth-order valence-electron chi connectivity index (χ4n) is 4.76. The van der Waals surface area contributed by atoms with Gasteiger partial charge in [-0.05, 0) is 65.7 Å². The molecular weight excluding hydrogens is 312 g/mol. The highest BCUT2D eigenvalue weighted by Gasteiger charge is 2.52. The van der Waals surface area contributed by atoms with E-state index in [0.717, 1.165) is 11.7 Å². The maximum absolute atomic E-state index is 5.47. The van der Waals surface area contributed by atoms with Gasteiger partial charge in [0.2, 0.25) is 0 Å². The molecule has 0 N–H and O–H groups in total. The summed E-state index contributed by atoms with van der Waals surface area (Å²) in [5.74, 6) is 1.75. The van der Waals surface area contributed by atoms with Gasteiger partial charge in [-0.1, -0.05) is 42.8 Å². The second-order valence-corrected chi connectivity index (χ2v) is 8.46. The van der Waals surface area contributed by atoms with Crippen LogP contribution in [0.15, 0.2) is 18.2 Å². The van der Waals surface area contributed by atoms with Crippen molar-refractivity contribution in [3.63, 3.8) is 0 Å². The Bertz CT molecular complexity index is 522. The lowest BCUT2D eigenvalue weighted by Crippen LogP contribution is -2.52. The number of rotatable bonds is 1. The minimum absolute atomic E-state index is 0.301. The van der Waals surface area contributed by atoms with Gasteiger partial charge in [0.15, 0.2) is 0 Å². The third-order valence-corrected chi connectivity index (χ3v) is 7.66. The molecule has 0 radical (unpaired) electrons. The summed E-state index contributed by atoms with van der Waals surface area (Å²) >= 11 is 3.94. The number of methoxy groups -OCH3 is 1. The van der Waals surface area contributed by atoms with Gasteiger partial charge >= 0.3 is 0 Å². The van der Waals surface area contributed by atoms with Crippen molar-refractivity contribution in [3.05, 3.63) is 29.3 Å². The fraction of sp³-hybridized carbons (Fsp3) is 0.667. The standard InChI is InChI=1S/C18H25BrO/c1-17(2)15-8-6-12-5-7-13(20-4)11-14(12)18(15,3)10-9-16(17)19/h5,7,11,15-16H,6,8-10H2,1-4H3. The summed E-state index contributed by atoms with van der Waals surface area (Å²) in [5.41, 5.74) is 3.73. The summed E-state index contributed by atoms with van der Waals surface area (Å²) in [6.07, 6.45) is 5.06. The minimum atomic E-state index is 0.301. The molecule has 1 aromatic rings. The molecule has 3 atom stereocenters.